The van der Waals surface area contributed by atoms with Crippen molar-refractivity contribution in [2.24, 2.45) is 0 Å². The molecule has 1 fully saturated rings. The summed E-state index contributed by atoms with van der Waals surface area (Å²) in [5, 5.41) is 7.73. The highest BCUT2D eigenvalue weighted by molar-refractivity contribution is 6.32. The third kappa shape index (κ3) is 3.98. The zero-order valence-corrected chi connectivity index (χ0v) is 16.3. The van der Waals surface area contributed by atoms with Gasteiger partial charge in [0.15, 0.2) is 0 Å². The molecule has 0 amide bonds. The van der Waals surface area contributed by atoms with Gasteiger partial charge in [0.25, 0.3) is 5.56 Å². The number of furan rings is 1. The molecule has 1 aromatic carbocycles. The molecule has 2 aromatic heterocycles. The van der Waals surface area contributed by atoms with Crippen LogP contribution in [0.2, 0.25) is 5.02 Å². The summed E-state index contributed by atoms with van der Waals surface area (Å²) in [4.78, 5) is 15.1. The zero-order valence-electron chi connectivity index (χ0n) is 15.6. The Bertz CT molecular complexity index is 950. The summed E-state index contributed by atoms with van der Waals surface area (Å²) in [7, 11) is 0. The average Bonchev–Trinajstić information content (AvgIpc) is 3.27. The number of hydrogen-bond donors (Lipinski definition) is 1. The van der Waals surface area contributed by atoms with E-state index in [0.29, 0.717) is 17.9 Å². The Morgan fingerprint density at radius 1 is 1.11 bits per heavy atom. The highest BCUT2D eigenvalue weighted by Gasteiger charge is 2.24. The van der Waals surface area contributed by atoms with Crippen molar-refractivity contribution in [3.8, 4) is 5.69 Å². The van der Waals surface area contributed by atoms with Gasteiger partial charge in [-0.05, 0) is 50.2 Å². The number of aromatic nitrogens is 2. The van der Waals surface area contributed by atoms with E-state index < -0.39 is 0 Å². The second kappa shape index (κ2) is 8.63. The second-order valence-electron chi connectivity index (χ2n) is 6.93. The van der Waals surface area contributed by atoms with Crippen molar-refractivity contribution in [1.29, 1.82) is 0 Å². The van der Waals surface area contributed by atoms with Crippen LogP contribution in [0.4, 0.5) is 5.69 Å². The van der Waals surface area contributed by atoms with Gasteiger partial charge in [-0.2, -0.15) is 9.78 Å². The maximum atomic E-state index is 12.7. The molecule has 1 unspecified atom stereocenters. The third-order valence-corrected chi connectivity index (χ3v) is 5.47. The van der Waals surface area contributed by atoms with Gasteiger partial charge in [-0.1, -0.05) is 36.2 Å². The summed E-state index contributed by atoms with van der Waals surface area (Å²) in [5.41, 5.74) is 0.875. The van der Waals surface area contributed by atoms with Crippen LogP contribution in [0.25, 0.3) is 5.69 Å². The fourth-order valence-electron chi connectivity index (χ4n) is 3.64. The molecule has 146 valence electrons. The predicted molar refractivity (Wildman–Crippen MR) is 110 cm³/mol. The third-order valence-electron chi connectivity index (χ3n) is 5.11. The van der Waals surface area contributed by atoms with Gasteiger partial charge >= 0.3 is 0 Å². The van der Waals surface area contributed by atoms with Gasteiger partial charge in [0.1, 0.15) is 10.8 Å². The van der Waals surface area contributed by atoms with E-state index in [0.717, 1.165) is 18.8 Å². The Morgan fingerprint density at radius 3 is 2.61 bits per heavy atom. The van der Waals surface area contributed by atoms with Crippen molar-refractivity contribution in [2.75, 3.05) is 25.0 Å². The maximum Gasteiger partial charge on any atom is 0.292 e. The van der Waals surface area contributed by atoms with Crippen LogP contribution in [-0.2, 0) is 0 Å². The number of halogens is 1. The van der Waals surface area contributed by atoms with E-state index in [9.17, 15) is 4.79 Å². The van der Waals surface area contributed by atoms with E-state index in [-0.39, 0.29) is 16.6 Å². The quantitative estimate of drug-likeness (QED) is 0.676. The number of benzene rings is 1. The topological polar surface area (TPSA) is 63.3 Å². The minimum absolute atomic E-state index is 0.0860. The summed E-state index contributed by atoms with van der Waals surface area (Å²) in [6.07, 6.45) is 6.94. The first kappa shape index (κ1) is 18.8. The number of nitrogens with zero attached hydrogens (tertiary/aromatic N) is 3. The summed E-state index contributed by atoms with van der Waals surface area (Å²) < 4.78 is 6.98. The van der Waals surface area contributed by atoms with Crippen LogP contribution < -0.4 is 10.9 Å². The molecular formula is C21H23ClN4O2. The molecule has 7 heteroatoms. The lowest BCUT2D eigenvalue weighted by atomic mass is 10.1. The van der Waals surface area contributed by atoms with E-state index in [1.807, 2.05) is 42.5 Å². The van der Waals surface area contributed by atoms with E-state index in [2.05, 4.69) is 15.3 Å². The molecule has 1 saturated heterocycles. The Hall–Kier alpha value is -2.57. The van der Waals surface area contributed by atoms with E-state index >= 15 is 0 Å². The zero-order chi connectivity index (χ0) is 19.3. The summed E-state index contributed by atoms with van der Waals surface area (Å²) in [6, 6.07) is 13.2. The number of hydrogen-bond acceptors (Lipinski definition) is 5. The SMILES string of the molecule is O=c1c(Cl)c(NCC(c2ccco2)N2CCCCC2)cnn1-c1ccccc1. The van der Waals surface area contributed by atoms with Gasteiger partial charge in [-0.15, -0.1) is 0 Å². The molecule has 1 aliphatic rings. The van der Waals surface area contributed by atoms with Gasteiger partial charge in [-0.25, -0.2) is 0 Å². The molecule has 1 atom stereocenters. The Labute approximate surface area is 168 Å². The summed E-state index contributed by atoms with van der Waals surface area (Å²) in [6.45, 7) is 2.66. The number of nitrogens with one attached hydrogen (secondary N) is 1. The van der Waals surface area contributed by atoms with Gasteiger partial charge in [-0.3, -0.25) is 9.69 Å². The first-order valence-electron chi connectivity index (χ1n) is 9.58. The first-order valence-corrected chi connectivity index (χ1v) is 9.96. The lowest BCUT2D eigenvalue weighted by Crippen LogP contribution is -2.37. The van der Waals surface area contributed by atoms with E-state index in [4.69, 9.17) is 16.0 Å². The Balaban J connectivity index is 1.54. The molecule has 0 saturated carbocycles. The molecule has 0 spiro atoms. The van der Waals surface area contributed by atoms with Crippen LogP contribution in [0, 0.1) is 0 Å². The monoisotopic (exact) mass is 398 g/mol. The van der Waals surface area contributed by atoms with E-state index in [1.54, 1.807) is 12.5 Å². The lowest BCUT2D eigenvalue weighted by molar-refractivity contribution is 0.153. The standard InChI is InChI=1S/C21H23ClN4O2/c22-20-17(14-24-26(21(20)27)16-8-3-1-4-9-16)23-15-18(19-10-7-13-28-19)25-11-5-2-6-12-25/h1,3-4,7-10,13-14,18,23H,2,5-6,11-12,15H2. The normalized spacial score (nSPS) is 16.0. The van der Waals surface area contributed by atoms with Crippen LogP contribution in [0.3, 0.4) is 0 Å². The molecule has 3 heterocycles. The highest BCUT2D eigenvalue weighted by Crippen LogP contribution is 2.26. The Morgan fingerprint density at radius 2 is 1.89 bits per heavy atom. The van der Waals surface area contributed by atoms with Gasteiger partial charge in [0.2, 0.25) is 0 Å². The van der Waals surface area contributed by atoms with E-state index in [1.165, 1.54) is 23.9 Å². The smallest absolute Gasteiger partial charge is 0.292 e. The molecule has 1 N–H and O–H groups in total. The number of rotatable bonds is 6. The minimum Gasteiger partial charge on any atom is -0.468 e. The van der Waals surface area contributed by atoms with Crippen molar-refractivity contribution in [3.05, 3.63) is 76.1 Å². The average molecular weight is 399 g/mol. The van der Waals surface area contributed by atoms with Crippen LogP contribution >= 0.6 is 11.6 Å². The lowest BCUT2D eigenvalue weighted by Gasteiger charge is -2.33. The second-order valence-corrected chi connectivity index (χ2v) is 7.31. The largest absolute Gasteiger partial charge is 0.468 e. The van der Waals surface area contributed by atoms with Gasteiger partial charge < -0.3 is 9.73 Å². The molecule has 0 aliphatic carbocycles. The molecule has 0 bridgehead atoms. The van der Waals surface area contributed by atoms with Crippen molar-refractivity contribution < 1.29 is 4.42 Å². The summed E-state index contributed by atoms with van der Waals surface area (Å²) >= 11 is 6.37. The molecule has 3 aromatic rings. The first-order chi connectivity index (χ1) is 13.7. The minimum atomic E-state index is -0.342. The van der Waals surface area contributed by atoms with Gasteiger partial charge in [0.05, 0.1) is 29.9 Å². The fourth-order valence-corrected chi connectivity index (χ4v) is 3.83. The Kier molecular flexibility index (Phi) is 5.78. The summed E-state index contributed by atoms with van der Waals surface area (Å²) in [5.74, 6) is 0.913. The van der Waals surface area contributed by atoms with Crippen LogP contribution in [-0.4, -0.2) is 34.3 Å². The number of anilines is 1. The van der Waals surface area contributed by atoms with Crippen molar-refractivity contribution in [3.63, 3.8) is 0 Å². The van der Waals surface area contributed by atoms with Crippen LogP contribution in [0.5, 0.6) is 0 Å². The number of likely N-dealkylation sites (tertiary alicyclic amines) is 1. The van der Waals surface area contributed by atoms with Crippen molar-refractivity contribution >= 4 is 17.3 Å². The number of para-hydroxylation sites is 1. The molecule has 6 nitrogen and oxygen atoms in total. The van der Waals surface area contributed by atoms with Crippen molar-refractivity contribution in [1.82, 2.24) is 14.7 Å². The molecule has 28 heavy (non-hydrogen) atoms. The van der Waals surface area contributed by atoms with Crippen LogP contribution in [0.1, 0.15) is 31.1 Å². The predicted octanol–water partition coefficient (Wildman–Crippen LogP) is 4.12. The van der Waals surface area contributed by atoms with Crippen molar-refractivity contribution in [2.45, 2.75) is 25.3 Å². The maximum absolute atomic E-state index is 12.7. The molecular weight excluding hydrogens is 376 g/mol. The number of piperidine rings is 1. The molecule has 4 rings (SSSR count). The fraction of sp³-hybridized carbons (Fsp3) is 0.333. The highest BCUT2D eigenvalue weighted by atomic mass is 35.5. The van der Waals surface area contributed by atoms with Gasteiger partial charge in [0, 0.05) is 6.54 Å². The van der Waals surface area contributed by atoms with Crippen LogP contribution in [0.15, 0.2) is 64.1 Å². The molecule has 0 radical (unpaired) electrons. The molecule has 1 aliphatic heterocycles.